The van der Waals surface area contributed by atoms with Gasteiger partial charge in [0.25, 0.3) is 0 Å². The Morgan fingerprint density at radius 1 is 0.957 bits per heavy atom. The molecule has 2 aromatic rings. The van der Waals surface area contributed by atoms with Gasteiger partial charge in [0, 0.05) is 43.0 Å². The minimum absolute atomic E-state index is 0.785. The number of nitrogen functional groups attached to an aromatic ring is 1. The van der Waals surface area contributed by atoms with Gasteiger partial charge in [0.05, 0.1) is 11.4 Å². The fourth-order valence-corrected chi connectivity index (χ4v) is 3.51. The molecule has 0 bridgehead atoms. The molecule has 2 aliphatic heterocycles. The van der Waals surface area contributed by atoms with Crippen LogP contribution in [0, 0.1) is 0 Å². The van der Waals surface area contributed by atoms with E-state index in [0.717, 1.165) is 49.1 Å². The van der Waals surface area contributed by atoms with Crippen LogP contribution in [0.2, 0.25) is 0 Å². The second-order valence-electron chi connectivity index (χ2n) is 6.64. The van der Waals surface area contributed by atoms with Gasteiger partial charge in [-0.15, -0.1) is 0 Å². The molecule has 23 heavy (non-hydrogen) atoms. The molecule has 3 heterocycles. The Bertz CT molecular complexity index is 704. The third kappa shape index (κ3) is 2.77. The molecule has 1 fully saturated rings. The van der Waals surface area contributed by atoms with E-state index in [1.807, 2.05) is 12.1 Å². The van der Waals surface area contributed by atoms with Crippen LogP contribution in [0.1, 0.15) is 30.5 Å². The molecule has 1 aromatic carbocycles. The lowest BCUT2D eigenvalue weighted by atomic mass is 10.1. The van der Waals surface area contributed by atoms with Crippen LogP contribution in [0.3, 0.4) is 0 Å². The summed E-state index contributed by atoms with van der Waals surface area (Å²) in [5.74, 6) is 0.894. The summed E-state index contributed by atoms with van der Waals surface area (Å²) >= 11 is 0. The van der Waals surface area contributed by atoms with Gasteiger partial charge in [0.2, 0.25) is 5.95 Å². The van der Waals surface area contributed by atoms with Gasteiger partial charge in [0.15, 0.2) is 0 Å². The zero-order valence-corrected chi connectivity index (χ0v) is 13.6. The van der Waals surface area contributed by atoms with Crippen LogP contribution in [0.15, 0.2) is 24.3 Å². The number of hydrogen-bond donors (Lipinski definition) is 1. The molecule has 2 N–H and O–H groups in total. The minimum atomic E-state index is 0.785. The number of rotatable bonds is 2. The first-order valence-electron chi connectivity index (χ1n) is 8.40. The molecule has 0 aliphatic carbocycles. The van der Waals surface area contributed by atoms with Crippen LogP contribution >= 0.6 is 0 Å². The number of fused-ring (bicyclic) bond motifs is 1. The van der Waals surface area contributed by atoms with Gasteiger partial charge >= 0.3 is 0 Å². The number of piperidine rings is 1. The monoisotopic (exact) mass is 309 g/mol. The number of nitrogens with zero attached hydrogens (tertiary/aromatic N) is 4. The summed E-state index contributed by atoms with van der Waals surface area (Å²) in [7, 11) is 2.13. The van der Waals surface area contributed by atoms with Crippen molar-refractivity contribution in [3.63, 3.8) is 0 Å². The topological polar surface area (TPSA) is 58.3 Å². The van der Waals surface area contributed by atoms with E-state index in [1.54, 1.807) is 0 Å². The van der Waals surface area contributed by atoms with Crippen LogP contribution < -0.4 is 10.6 Å². The second-order valence-corrected chi connectivity index (χ2v) is 6.64. The molecule has 4 rings (SSSR count). The molecule has 0 amide bonds. The molecule has 120 valence electrons. The number of hydrogen-bond acceptors (Lipinski definition) is 5. The maximum absolute atomic E-state index is 5.84. The zero-order valence-electron chi connectivity index (χ0n) is 13.6. The van der Waals surface area contributed by atoms with E-state index in [9.17, 15) is 0 Å². The maximum atomic E-state index is 5.84. The average Bonchev–Trinajstić information content (AvgIpc) is 2.96. The molecule has 0 saturated carbocycles. The lowest BCUT2D eigenvalue weighted by Gasteiger charge is -2.27. The predicted octanol–water partition coefficient (Wildman–Crippen LogP) is 2.66. The molecule has 2 aliphatic rings. The highest BCUT2D eigenvalue weighted by atomic mass is 15.3. The highest BCUT2D eigenvalue weighted by Crippen LogP contribution is 2.32. The smallest absolute Gasteiger partial charge is 0.226 e. The molecule has 1 saturated heterocycles. The van der Waals surface area contributed by atoms with E-state index < -0.39 is 0 Å². The SMILES string of the molecule is CN1Cc2nc(N3CCCCC3)nc(-c3ccc(N)cc3)c2C1. The number of nitrogens with two attached hydrogens (primary N) is 1. The Morgan fingerprint density at radius 2 is 1.70 bits per heavy atom. The Hall–Kier alpha value is -2.14. The summed E-state index contributed by atoms with van der Waals surface area (Å²) < 4.78 is 0. The summed E-state index contributed by atoms with van der Waals surface area (Å²) in [5, 5.41) is 0. The van der Waals surface area contributed by atoms with E-state index in [0.29, 0.717) is 0 Å². The number of aromatic nitrogens is 2. The zero-order chi connectivity index (χ0) is 15.8. The van der Waals surface area contributed by atoms with Crippen molar-refractivity contribution in [2.45, 2.75) is 32.4 Å². The van der Waals surface area contributed by atoms with E-state index in [1.165, 1.54) is 30.5 Å². The van der Waals surface area contributed by atoms with Crippen molar-refractivity contribution in [1.82, 2.24) is 14.9 Å². The normalized spacial score (nSPS) is 18.2. The van der Waals surface area contributed by atoms with E-state index in [4.69, 9.17) is 15.7 Å². The molecule has 0 radical (unpaired) electrons. The predicted molar refractivity (Wildman–Crippen MR) is 93.1 cm³/mol. The lowest BCUT2D eigenvalue weighted by Crippen LogP contribution is -2.31. The lowest BCUT2D eigenvalue weighted by molar-refractivity contribution is 0.351. The van der Waals surface area contributed by atoms with Crippen molar-refractivity contribution in [3.8, 4) is 11.3 Å². The molecular formula is C18H23N5. The van der Waals surface area contributed by atoms with Gasteiger partial charge in [-0.1, -0.05) is 12.1 Å². The van der Waals surface area contributed by atoms with Gasteiger partial charge in [0.1, 0.15) is 0 Å². The Balaban J connectivity index is 1.80. The van der Waals surface area contributed by atoms with Crippen molar-refractivity contribution in [1.29, 1.82) is 0 Å². The number of benzene rings is 1. The largest absolute Gasteiger partial charge is 0.399 e. The first kappa shape index (κ1) is 14.5. The summed E-state index contributed by atoms with van der Waals surface area (Å²) in [6, 6.07) is 8.03. The van der Waals surface area contributed by atoms with Gasteiger partial charge in [-0.2, -0.15) is 0 Å². The maximum Gasteiger partial charge on any atom is 0.226 e. The van der Waals surface area contributed by atoms with Gasteiger partial charge in [-0.3, -0.25) is 4.90 Å². The molecular weight excluding hydrogens is 286 g/mol. The quantitative estimate of drug-likeness (QED) is 0.864. The van der Waals surface area contributed by atoms with Gasteiger partial charge < -0.3 is 10.6 Å². The standard InChI is InChI=1S/C18H23N5/c1-22-11-15-16(12-22)20-18(23-9-3-2-4-10-23)21-17(15)13-5-7-14(19)8-6-13/h5-8H,2-4,9-12,19H2,1H3. The Labute approximate surface area is 137 Å². The molecule has 0 unspecified atom stereocenters. The Morgan fingerprint density at radius 3 is 2.43 bits per heavy atom. The van der Waals surface area contributed by atoms with Crippen LogP contribution in [-0.4, -0.2) is 35.0 Å². The third-order valence-corrected chi connectivity index (χ3v) is 4.75. The van der Waals surface area contributed by atoms with Crippen molar-refractivity contribution in [2.75, 3.05) is 30.8 Å². The van der Waals surface area contributed by atoms with Crippen LogP contribution in [0.4, 0.5) is 11.6 Å². The summed E-state index contributed by atoms with van der Waals surface area (Å²) in [4.78, 5) is 14.5. The van der Waals surface area contributed by atoms with Crippen LogP contribution in [0.5, 0.6) is 0 Å². The fraction of sp³-hybridized carbons (Fsp3) is 0.444. The first-order chi connectivity index (χ1) is 11.2. The van der Waals surface area contributed by atoms with Crippen molar-refractivity contribution >= 4 is 11.6 Å². The Kier molecular flexibility index (Phi) is 3.65. The molecule has 1 aromatic heterocycles. The van der Waals surface area contributed by atoms with E-state index >= 15 is 0 Å². The summed E-state index contributed by atoms with van der Waals surface area (Å²) in [6.07, 6.45) is 3.78. The summed E-state index contributed by atoms with van der Waals surface area (Å²) in [5.41, 5.74) is 11.3. The van der Waals surface area contributed by atoms with Crippen LogP contribution in [-0.2, 0) is 13.1 Å². The molecule has 0 spiro atoms. The van der Waals surface area contributed by atoms with Gasteiger partial charge in [-0.05, 0) is 38.4 Å². The van der Waals surface area contributed by atoms with Crippen LogP contribution in [0.25, 0.3) is 11.3 Å². The molecule has 5 nitrogen and oxygen atoms in total. The number of anilines is 2. The molecule has 5 heteroatoms. The highest BCUT2D eigenvalue weighted by Gasteiger charge is 2.25. The minimum Gasteiger partial charge on any atom is -0.399 e. The van der Waals surface area contributed by atoms with Crippen molar-refractivity contribution in [3.05, 3.63) is 35.5 Å². The average molecular weight is 309 g/mol. The van der Waals surface area contributed by atoms with Crippen molar-refractivity contribution in [2.24, 2.45) is 0 Å². The third-order valence-electron chi connectivity index (χ3n) is 4.75. The molecule has 0 atom stereocenters. The van der Waals surface area contributed by atoms with E-state index in [2.05, 4.69) is 29.0 Å². The first-order valence-corrected chi connectivity index (χ1v) is 8.40. The second kappa shape index (κ2) is 5.81. The van der Waals surface area contributed by atoms with E-state index in [-0.39, 0.29) is 0 Å². The summed E-state index contributed by atoms with van der Waals surface area (Å²) in [6.45, 7) is 3.95. The fourth-order valence-electron chi connectivity index (χ4n) is 3.51. The van der Waals surface area contributed by atoms with Crippen molar-refractivity contribution < 1.29 is 0 Å². The highest BCUT2D eigenvalue weighted by molar-refractivity contribution is 5.68. The van der Waals surface area contributed by atoms with Gasteiger partial charge in [-0.25, -0.2) is 9.97 Å².